The number of aliphatic carboxylic acids is 1. The number of H-pyrrole nitrogens is 1. The van der Waals surface area contributed by atoms with E-state index < -0.39 is 22.0 Å². The maximum Gasteiger partial charge on any atom is 0.322 e. The number of carboxylic acid groups (broad SMARTS) is 1. The molecule has 1 aromatic heterocycles. The van der Waals surface area contributed by atoms with E-state index in [2.05, 4.69) is 21.5 Å². The van der Waals surface area contributed by atoms with Crippen LogP contribution in [0.1, 0.15) is 19.4 Å². The Morgan fingerprint density at radius 3 is 2.73 bits per heavy atom. The Morgan fingerprint density at radius 2 is 2.07 bits per heavy atom. The number of ether oxygens (including phenoxy) is 1. The minimum atomic E-state index is -4.07. The van der Waals surface area contributed by atoms with E-state index in [1.807, 2.05) is 18.2 Å². The standard InChI is InChI=1S/C22H22N2O5S/c1-3-4-11-29-17-6-8-18(9-7-17)30(27,28)24-21(22(25)26)13-16-14-23-20-10-5-15(2)12-19(16)20/h5-10,12,14,21,23-24H,11,13H2,1-2H3,(H,25,26)/t21-/m0/s1/i2D. The molecule has 0 aliphatic heterocycles. The molecule has 0 aliphatic rings. The van der Waals surface area contributed by atoms with E-state index in [9.17, 15) is 18.3 Å². The number of nitrogens with one attached hydrogen (secondary N) is 2. The van der Waals surface area contributed by atoms with Gasteiger partial charge in [0.2, 0.25) is 10.0 Å². The van der Waals surface area contributed by atoms with Gasteiger partial charge < -0.3 is 14.8 Å². The summed E-state index contributed by atoms with van der Waals surface area (Å²) < 4.78 is 40.6. The highest BCUT2D eigenvalue weighted by Gasteiger charge is 2.26. The summed E-state index contributed by atoms with van der Waals surface area (Å²) in [6, 6.07) is 9.76. The maximum absolute atomic E-state index is 12.7. The average molecular weight is 428 g/mol. The summed E-state index contributed by atoms with van der Waals surface area (Å²) in [6.45, 7) is 1.98. The van der Waals surface area contributed by atoms with Crippen molar-refractivity contribution in [3.8, 4) is 17.6 Å². The van der Waals surface area contributed by atoms with Crippen LogP contribution in [0, 0.1) is 18.7 Å². The van der Waals surface area contributed by atoms with Crippen LogP contribution < -0.4 is 9.46 Å². The molecular weight excluding hydrogens is 404 g/mol. The van der Waals surface area contributed by atoms with E-state index in [0.29, 0.717) is 11.3 Å². The van der Waals surface area contributed by atoms with E-state index in [0.717, 1.165) is 16.5 Å². The fraction of sp³-hybridized carbons (Fsp3) is 0.227. The molecule has 0 saturated carbocycles. The van der Waals surface area contributed by atoms with Gasteiger partial charge in [-0.1, -0.05) is 17.6 Å². The van der Waals surface area contributed by atoms with Crippen molar-refractivity contribution in [2.75, 3.05) is 6.61 Å². The zero-order valence-corrected chi connectivity index (χ0v) is 17.1. The van der Waals surface area contributed by atoms with Crippen molar-refractivity contribution in [1.29, 1.82) is 0 Å². The summed E-state index contributed by atoms with van der Waals surface area (Å²) in [5.41, 5.74) is 2.23. The number of aromatic nitrogens is 1. The van der Waals surface area contributed by atoms with E-state index in [1.54, 1.807) is 13.1 Å². The zero-order valence-electron chi connectivity index (χ0n) is 17.3. The summed E-state index contributed by atoms with van der Waals surface area (Å²) in [5.74, 6) is 4.61. The Kier molecular flexibility index (Phi) is 6.02. The number of benzene rings is 2. The number of aryl methyl sites for hydroxylation is 1. The van der Waals surface area contributed by atoms with Gasteiger partial charge in [-0.3, -0.25) is 4.79 Å². The third-order valence-corrected chi connectivity index (χ3v) is 5.96. The third-order valence-electron chi connectivity index (χ3n) is 4.47. The van der Waals surface area contributed by atoms with Crippen LogP contribution in [0.4, 0.5) is 0 Å². The van der Waals surface area contributed by atoms with Gasteiger partial charge in [0.1, 0.15) is 18.4 Å². The number of carbonyl (C=O) groups is 1. The van der Waals surface area contributed by atoms with Crippen LogP contribution in [0.15, 0.2) is 53.6 Å². The van der Waals surface area contributed by atoms with Crippen molar-refractivity contribution >= 4 is 26.9 Å². The van der Waals surface area contributed by atoms with E-state index in [1.165, 1.54) is 24.3 Å². The fourth-order valence-electron chi connectivity index (χ4n) is 2.96. The van der Waals surface area contributed by atoms with Crippen molar-refractivity contribution in [2.45, 2.75) is 31.2 Å². The highest BCUT2D eigenvalue weighted by molar-refractivity contribution is 7.89. The van der Waals surface area contributed by atoms with Gasteiger partial charge in [-0.25, -0.2) is 8.42 Å². The molecule has 3 aromatic rings. The van der Waals surface area contributed by atoms with Crippen LogP contribution in [0.25, 0.3) is 10.9 Å². The number of rotatable bonds is 8. The second-order valence-corrected chi connectivity index (χ2v) is 8.31. The molecule has 0 saturated heterocycles. The number of carboxylic acids is 1. The predicted octanol–water partition coefficient (Wildman–Crippen LogP) is 2.85. The van der Waals surface area contributed by atoms with Crippen LogP contribution in [0.3, 0.4) is 0 Å². The van der Waals surface area contributed by atoms with Gasteiger partial charge in [0.15, 0.2) is 0 Å². The zero-order chi connectivity index (χ0) is 22.4. The molecule has 2 aromatic carbocycles. The number of aromatic amines is 1. The summed E-state index contributed by atoms with van der Waals surface area (Å²) >= 11 is 0. The van der Waals surface area contributed by atoms with Crippen LogP contribution in [-0.2, 0) is 21.2 Å². The Bertz CT molecular complexity index is 1240. The monoisotopic (exact) mass is 427 g/mol. The number of sulfonamides is 1. The van der Waals surface area contributed by atoms with Crippen molar-refractivity contribution in [1.82, 2.24) is 9.71 Å². The second kappa shape index (κ2) is 9.03. The molecule has 0 bridgehead atoms. The van der Waals surface area contributed by atoms with Gasteiger partial charge in [0, 0.05) is 24.9 Å². The average Bonchev–Trinajstić information content (AvgIpc) is 3.15. The number of fused-ring (bicyclic) bond motifs is 1. The molecular formula is C22H22N2O5S. The lowest BCUT2D eigenvalue weighted by atomic mass is 10.0. The molecule has 0 amide bonds. The quantitative estimate of drug-likeness (QED) is 0.479. The molecule has 1 heterocycles. The van der Waals surface area contributed by atoms with Gasteiger partial charge in [-0.2, -0.15) is 4.72 Å². The lowest BCUT2D eigenvalue weighted by molar-refractivity contribution is -0.138. The Labute approximate surface area is 176 Å². The lowest BCUT2D eigenvalue weighted by Crippen LogP contribution is -2.42. The number of hydrogen-bond donors (Lipinski definition) is 3. The molecule has 0 radical (unpaired) electrons. The third kappa shape index (κ3) is 5.00. The Morgan fingerprint density at radius 1 is 1.30 bits per heavy atom. The lowest BCUT2D eigenvalue weighted by Gasteiger charge is -2.15. The second-order valence-electron chi connectivity index (χ2n) is 6.60. The largest absolute Gasteiger partial charge is 0.481 e. The molecule has 0 spiro atoms. The van der Waals surface area contributed by atoms with E-state index >= 15 is 0 Å². The molecule has 0 aliphatic carbocycles. The number of hydrogen-bond acceptors (Lipinski definition) is 4. The minimum Gasteiger partial charge on any atom is -0.481 e. The fourth-order valence-corrected chi connectivity index (χ4v) is 4.14. The molecule has 1 atom stereocenters. The van der Waals surface area contributed by atoms with Gasteiger partial charge in [-0.15, -0.1) is 5.92 Å². The molecule has 30 heavy (non-hydrogen) atoms. The van der Waals surface area contributed by atoms with Crippen molar-refractivity contribution in [3.63, 3.8) is 0 Å². The predicted molar refractivity (Wildman–Crippen MR) is 114 cm³/mol. The molecule has 8 heteroatoms. The van der Waals surface area contributed by atoms with E-state index in [4.69, 9.17) is 6.11 Å². The Hall–Kier alpha value is -3.28. The molecule has 0 unspecified atom stereocenters. The van der Waals surface area contributed by atoms with Gasteiger partial charge in [-0.05, 0) is 55.8 Å². The van der Waals surface area contributed by atoms with Gasteiger partial charge >= 0.3 is 5.97 Å². The van der Waals surface area contributed by atoms with Crippen molar-refractivity contribution in [3.05, 3.63) is 59.8 Å². The highest BCUT2D eigenvalue weighted by Crippen LogP contribution is 2.22. The maximum atomic E-state index is 12.7. The Balaban J connectivity index is 1.79. The molecule has 3 N–H and O–H groups in total. The first kappa shape index (κ1) is 20.0. The molecule has 156 valence electrons. The molecule has 3 rings (SSSR count). The highest BCUT2D eigenvalue weighted by atomic mass is 32.2. The van der Waals surface area contributed by atoms with Gasteiger partial charge in [0.05, 0.1) is 4.90 Å². The van der Waals surface area contributed by atoms with Gasteiger partial charge in [0.25, 0.3) is 0 Å². The normalized spacial score (nSPS) is 12.6. The van der Waals surface area contributed by atoms with Crippen LogP contribution in [-0.4, -0.2) is 37.1 Å². The first-order valence-corrected chi connectivity index (χ1v) is 10.6. The molecule has 0 fully saturated rings. The summed E-state index contributed by atoms with van der Waals surface area (Å²) in [4.78, 5) is 14.8. The summed E-state index contributed by atoms with van der Waals surface area (Å²) in [6.07, 6.45) is 1.61. The van der Waals surface area contributed by atoms with Crippen molar-refractivity contribution in [2.24, 2.45) is 0 Å². The molecule has 7 nitrogen and oxygen atoms in total. The first-order chi connectivity index (χ1) is 14.8. The van der Waals surface area contributed by atoms with Crippen LogP contribution >= 0.6 is 0 Å². The van der Waals surface area contributed by atoms with Crippen molar-refractivity contribution < 1.29 is 24.4 Å². The summed E-state index contributed by atoms with van der Waals surface area (Å²) in [5, 5.41) is 10.4. The smallest absolute Gasteiger partial charge is 0.322 e. The SMILES string of the molecule is [2H]Cc1ccc2[nH]cc(C[C@H](NS(=O)(=O)c3ccc(OCC#CC)cc3)C(=O)O)c2c1. The first-order valence-electron chi connectivity index (χ1n) is 9.80. The summed E-state index contributed by atoms with van der Waals surface area (Å²) in [7, 11) is -4.07. The topological polar surface area (TPSA) is 108 Å². The van der Waals surface area contributed by atoms with Crippen LogP contribution in [0.2, 0.25) is 0 Å². The minimum absolute atomic E-state index is 0.0487. The van der Waals surface area contributed by atoms with E-state index in [-0.39, 0.29) is 24.8 Å². The van der Waals surface area contributed by atoms with Crippen LogP contribution in [0.5, 0.6) is 5.75 Å².